The van der Waals surface area contributed by atoms with Crippen molar-refractivity contribution in [2.45, 2.75) is 26.3 Å². The summed E-state index contributed by atoms with van der Waals surface area (Å²) in [6.07, 6.45) is 2.81. The SMILES string of the molecule is COc1cccc([C@@H](c2sc3nc(-c4ccco4)nn3c2O)N2C[C@H](C)C[C@@H](C)C2)c1. The van der Waals surface area contributed by atoms with E-state index in [-0.39, 0.29) is 11.9 Å². The van der Waals surface area contributed by atoms with Gasteiger partial charge in [-0.15, -0.1) is 5.10 Å². The highest BCUT2D eigenvalue weighted by Gasteiger charge is 2.34. The largest absolute Gasteiger partial charge is 0.497 e. The molecule has 0 saturated carbocycles. The molecule has 5 rings (SSSR count). The first kappa shape index (κ1) is 20.1. The van der Waals surface area contributed by atoms with Gasteiger partial charge in [-0.3, -0.25) is 4.90 Å². The van der Waals surface area contributed by atoms with E-state index in [1.165, 1.54) is 22.3 Å². The monoisotopic (exact) mass is 438 g/mol. The van der Waals surface area contributed by atoms with Crippen LogP contribution in [-0.4, -0.2) is 44.8 Å². The first-order chi connectivity index (χ1) is 15.0. The van der Waals surface area contributed by atoms with Crippen molar-refractivity contribution in [3.8, 4) is 23.2 Å². The van der Waals surface area contributed by atoms with Crippen LogP contribution in [0.15, 0.2) is 47.1 Å². The van der Waals surface area contributed by atoms with Crippen LogP contribution in [0.3, 0.4) is 0 Å². The number of hydrogen-bond acceptors (Lipinski definition) is 7. The molecule has 0 aliphatic carbocycles. The lowest BCUT2D eigenvalue weighted by Crippen LogP contribution is -2.41. The number of nitrogens with zero attached hydrogens (tertiary/aromatic N) is 4. The molecule has 0 amide bonds. The van der Waals surface area contributed by atoms with E-state index in [2.05, 4.69) is 41.0 Å². The number of aromatic hydroxyl groups is 1. The zero-order valence-electron chi connectivity index (χ0n) is 17.9. The summed E-state index contributed by atoms with van der Waals surface area (Å²) in [7, 11) is 1.68. The second-order valence-corrected chi connectivity index (χ2v) is 9.49. The topological polar surface area (TPSA) is 76.0 Å². The fourth-order valence-electron chi connectivity index (χ4n) is 4.70. The highest BCUT2D eigenvalue weighted by atomic mass is 32.1. The molecule has 0 unspecified atom stereocenters. The van der Waals surface area contributed by atoms with Gasteiger partial charge in [-0.2, -0.15) is 9.50 Å². The highest BCUT2D eigenvalue weighted by molar-refractivity contribution is 7.17. The van der Waals surface area contributed by atoms with Crippen LogP contribution in [0, 0.1) is 11.8 Å². The number of furan rings is 1. The second-order valence-electron chi connectivity index (χ2n) is 8.48. The van der Waals surface area contributed by atoms with Crippen LogP contribution in [0.4, 0.5) is 0 Å². The molecule has 1 N–H and O–H groups in total. The van der Waals surface area contributed by atoms with Crippen molar-refractivity contribution >= 4 is 16.3 Å². The van der Waals surface area contributed by atoms with Crippen LogP contribution >= 0.6 is 11.3 Å². The molecule has 1 fully saturated rings. The van der Waals surface area contributed by atoms with Crippen LogP contribution in [0.1, 0.15) is 36.8 Å². The maximum Gasteiger partial charge on any atom is 0.230 e. The summed E-state index contributed by atoms with van der Waals surface area (Å²) in [6, 6.07) is 11.6. The number of aromatic nitrogens is 3. The number of ether oxygens (including phenoxy) is 1. The van der Waals surface area contributed by atoms with E-state index >= 15 is 0 Å². The molecule has 1 aliphatic rings. The maximum absolute atomic E-state index is 11.2. The molecule has 162 valence electrons. The van der Waals surface area contributed by atoms with Gasteiger partial charge in [0.25, 0.3) is 0 Å². The average molecular weight is 439 g/mol. The van der Waals surface area contributed by atoms with Crippen LogP contribution in [0.5, 0.6) is 11.6 Å². The number of methoxy groups -OCH3 is 1. The van der Waals surface area contributed by atoms with Crippen LogP contribution < -0.4 is 4.74 Å². The molecule has 4 aromatic rings. The Morgan fingerprint density at radius 3 is 2.68 bits per heavy atom. The summed E-state index contributed by atoms with van der Waals surface area (Å²) >= 11 is 1.47. The number of benzene rings is 1. The minimum Gasteiger partial charge on any atom is -0.497 e. The van der Waals surface area contributed by atoms with Crippen molar-refractivity contribution in [3.05, 3.63) is 53.1 Å². The van der Waals surface area contributed by atoms with E-state index in [0.29, 0.717) is 28.4 Å². The Balaban J connectivity index is 1.61. The van der Waals surface area contributed by atoms with Crippen LogP contribution in [0.25, 0.3) is 16.5 Å². The zero-order chi connectivity index (χ0) is 21.5. The van der Waals surface area contributed by atoms with Gasteiger partial charge in [0.1, 0.15) is 5.75 Å². The Labute approximate surface area is 184 Å². The number of piperidine rings is 1. The molecule has 0 spiro atoms. The highest BCUT2D eigenvalue weighted by Crippen LogP contribution is 2.43. The minimum absolute atomic E-state index is 0.0964. The fourth-order valence-corrected chi connectivity index (χ4v) is 5.82. The van der Waals surface area contributed by atoms with Crippen molar-refractivity contribution in [3.63, 3.8) is 0 Å². The molecule has 31 heavy (non-hydrogen) atoms. The molecule has 1 aliphatic heterocycles. The first-order valence-electron chi connectivity index (χ1n) is 10.5. The Kier molecular flexibility index (Phi) is 5.19. The number of rotatable bonds is 5. The van der Waals surface area contributed by atoms with Gasteiger partial charge < -0.3 is 14.3 Å². The Hall–Kier alpha value is -2.84. The third-order valence-electron chi connectivity index (χ3n) is 5.86. The zero-order valence-corrected chi connectivity index (χ0v) is 18.7. The van der Waals surface area contributed by atoms with Gasteiger partial charge in [-0.25, -0.2) is 0 Å². The minimum atomic E-state index is -0.0964. The Morgan fingerprint density at radius 2 is 2.00 bits per heavy atom. The van der Waals surface area contributed by atoms with E-state index in [9.17, 15) is 5.11 Å². The number of fused-ring (bicyclic) bond motifs is 1. The van der Waals surface area contributed by atoms with Gasteiger partial charge >= 0.3 is 0 Å². The van der Waals surface area contributed by atoms with Crippen molar-refractivity contribution in [2.75, 3.05) is 20.2 Å². The number of hydrogen-bond donors (Lipinski definition) is 1. The summed E-state index contributed by atoms with van der Waals surface area (Å²) in [5.74, 6) is 3.17. The van der Waals surface area contributed by atoms with Gasteiger partial charge in [0.2, 0.25) is 16.7 Å². The van der Waals surface area contributed by atoms with E-state index in [4.69, 9.17) is 9.15 Å². The molecule has 7 nitrogen and oxygen atoms in total. The third kappa shape index (κ3) is 3.70. The predicted molar refractivity (Wildman–Crippen MR) is 120 cm³/mol. The lowest BCUT2D eigenvalue weighted by molar-refractivity contribution is 0.111. The average Bonchev–Trinajstić information content (AvgIpc) is 3.47. The fraction of sp³-hybridized carbons (Fsp3) is 0.391. The van der Waals surface area contributed by atoms with Gasteiger partial charge in [0, 0.05) is 13.1 Å². The first-order valence-corrected chi connectivity index (χ1v) is 11.4. The molecule has 0 radical (unpaired) electrons. The maximum atomic E-state index is 11.2. The van der Waals surface area contributed by atoms with Crippen LogP contribution in [-0.2, 0) is 0 Å². The lowest BCUT2D eigenvalue weighted by atomic mass is 9.89. The van der Waals surface area contributed by atoms with E-state index in [1.807, 2.05) is 18.2 Å². The smallest absolute Gasteiger partial charge is 0.230 e. The van der Waals surface area contributed by atoms with Gasteiger partial charge in [-0.05, 0) is 48.1 Å². The normalized spacial score (nSPS) is 20.9. The van der Waals surface area contributed by atoms with Crippen LogP contribution in [0.2, 0.25) is 0 Å². The van der Waals surface area contributed by atoms with Crippen molar-refractivity contribution in [1.29, 1.82) is 0 Å². The number of likely N-dealkylation sites (tertiary alicyclic amines) is 1. The third-order valence-corrected chi connectivity index (χ3v) is 6.93. The molecular weight excluding hydrogens is 412 g/mol. The Morgan fingerprint density at radius 1 is 1.19 bits per heavy atom. The predicted octanol–water partition coefficient (Wildman–Crippen LogP) is 4.83. The number of thiazole rings is 1. The summed E-state index contributed by atoms with van der Waals surface area (Å²) in [5.41, 5.74) is 1.09. The Bertz CT molecular complexity index is 1170. The quantitative estimate of drug-likeness (QED) is 0.481. The van der Waals surface area contributed by atoms with E-state index in [1.54, 1.807) is 19.4 Å². The molecule has 3 atom stereocenters. The van der Waals surface area contributed by atoms with Crippen molar-refractivity contribution in [1.82, 2.24) is 19.5 Å². The summed E-state index contributed by atoms with van der Waals surface area (Å²) in [6.45, 7) is 6.53. The lowest BCUT2D eigenvalue weighted by Gasteiger charge is -2.40. The molecule has 1 saturated heterocycles. The summed E-state index contributed by atoms with van der Waals surface area (Å²) in [4.78, 5) is 8.55. The molecule has 3 aromatic heterocycles. The molecule has 0 bridgehead atoms. The van der Waals surface area contributed by atoms with Gasteiger partial charge in [0.15, 0.2) is 5.76 Å². The molecule has 4 heterocycles. The molecular formula is C23H26N4O3S. The van der Waals surface area contributed by atoms with Crippen molar-refractivity contribution < 1.29 is 14.3 Å². The summed E-state index contributed by atoms with van der Waals surface area (Å²) in [5, 5.41) is 15.7. The summed E-state index contributed by atoms with van der Waals surface area (Å²) < 4.78 is 12.4. The van der Waals surface area contributed by atoms with E-state index in [0.717, 1.165) is 29.3 Å². The standard InChI is InChI=1S/C23H26N4O3S/c1-14-10-15(2)13-26(12-14)19(16-6-4-7-17(11-16)29-3)20-22(28)27-23(31-20)24-21(25-27)18-8-5-9-30-18/h4-9,11,14-15,19,28H,10,12-13H2,1-3H3/t14-,15-,19+/m1/s1. The molecule has 1 aromatic carbocycles. The second kappa shape index (κ2) is 8.01. The van der Waals surface area contributed by atoms with E-state index < -0.39 is 0 Å². The van der Waals surface area contributed by atoms with Crippen molar-refractivity contribution in [2.24, 2.45) is 11.8 Å². The van der Waals surface area contributed by atoms with Gasteiger partial charge in [-0.1, -0.05) is 37.3 Å². The van der Waals surface area contributed by atoms with Gasteiger partial charge in [0.05, 0.1) is 24.3 Å². The molecule has 8 heteroatoms.